The van der Waals surface area contributed by atoms with Gasteiger partial charge in [-0.2, -0.15) is 0 Å². The Morgan fingerprint density at radius 1 is 1.10 bits per heavy atom. The van der Waals surface area contributed by atoms with Crippen molar-refractivity contribution in [1.82, 2.24) is 5.32 Å². The van der Waals surface area contributed by atoms with Crippen LogP contribution in [0.15, 0.2) is 18.2 Å². The highest BCUT2D eigenvalue weighted by Crippen LogP contribution is 2.13. The van der Waals surface area contributed by atoms with E-state index in [1.54, 1.807) is 19.1 Å². The minimum atomic E-state index is -0.963. The Morgan fingerprint density at radius 2 is 1.67 bits per heavy atom. The van der Waals surface area contributed by atoms with Crippen LogP contribution in [0.25, 0.3) is 0 Å². The SMILES string of the molecule is Cc1cc(C)cc(NC(=O)NC(=O)CC(C)CC(=O)O)c1. The number of carbonyl (C=O) groups excluding carboxylic acids is 2. The molecule has 6 nitrogen and oxygen atoms in total. The number of aliphatic carboxylic acids is 1. The standard InChI is InChI=1S/C15H20N2O4/c1-9-4-10(2)6-12(5-9)16-15(21)17-13(18)7-11(3)8-14(19)20/h4-6,11H,7-8H2,1-3H3,(H,19,20)(H2,16,17,18,21). The van der Waals surface area contributed by atoms with Crippen molar-refractivity contribution in [3.05, 3.63) is 29.3 Å². The molecule has 1 aromatic carbocycles. The van der Waals surface area contributed by atoms with Crippen LogP contribution in [0.5, 0.6) is 0 Å². The van der Waals surface area contributed by atoms with E-state index in [-0.39, 0.29) is 18.8 Å². The van der Waals surface area contributed by atoms with Crippen molar-refractivity contribution in [3.63, 3.8) is 0 Å². The Balaban J connectivity index is 2.49. The molecule has 1 atom stereocenters. The first kappa shape index (κ1) is 16.7. The molecular formula is C15H20N2O4. The zero-order valence-corrected chi connectivity index (χ0v) is 12.4. The summed E-state index contributed by atoms with van der Waals surface area (Å²) in [6, 6.07) is 4.95. The van der Waals surface area contributed by atoms with Gasteiger partial charge in [0.1, 0.15) is 0 Å². The Kier molecular flexibility index (Phi) is 5.90. The maximum atomic E-state index is 11.7. The van der Waals surface area contributed by atoms with Crippen LogP contribution in [0.2, 0.25) is 0 Å². The molecule has 3 N–H and O–H groups in total. The van der Waals surface area contributed by atoms with Crippen molar-refractivity contribution in [3.8, 4) is 0 Å². The number of nitrogens with one attached hydrogen (secondary N) is 2. The smallest absolute Gasteiger partial charge is 0.325 e. The third-order valence-electron chi connectivity index (χ3n) is 2.79. The molecule has 0 fully saturated rings. The number of carbonyl (C=O) groups is 3. The molecular weight excluding hydrogens is 272 g/mol. The fourth-order valence-electron chi connectivity index (χ4n) is 2.07. The lowest BCUT2D eigenvalue weighted by atomic mass is 10.0. The van der Waals surface area contributed by atoms with Crippen molar-refractivity contribution in [1.29, 1.82) is 0 Å². The number of anilines is 1. The lowest BCUT2D eigenvalue weighted by molar-refractivity contribution is -0.138. The van der Waals surface area contributed by atoms with Gasteiger partial charge in [-0.15, -0.1) is 0 Å². The molecule has 0 heterocycles. The van der Waals surface area contributed by atoms with E-state index < -0.39 is 17.9 Å². The van der Waals surface area contributed by atoms with E-state index in [4.69, 9.17) is 5.11 Å². The Bertz CT molecular complexity index is 534. The molecule has 0 saturated heterocycles. The highest BCUT2D eigenvalue weighted by Gasteiger charge is 2.14. The molecule has 3 amide bonds. The molecule has 0 aliphatic rings. The maximum Gasteiger partial charge on any atom is 0.325 e. The number of imide groups is 1. The molecule has 21 heavy (non-hydrogen) atoms. The predicted octanol–water partition coefficient (Wildman–Crippen LogP) is 2.45. The van der Waals surface area contributed by atoms with E-state index >= 15 is 0 Å². The van der Waals surface area contributed by atoms with Gasteiger partial charge < -0.3 is 10.4 Å². The second-order valence-corrected chi connectivity index (χ2v) is 5.29. The van der Waals surface area contributed by atoms with Crippen LogP contribution in [0.4, 0.5) is 10.5 Å². The predicted molar refractivity (Wildman–Crippen MR) is 79.1 cm³/mol. The fourth-order valence-corrected chi connectivity index (χ4v) is 2.07. The van der Waals surface area contributed by atoms with E-state index in [9.17, 15) is 14.4 Å². The van der Waals surface area contributed by atoms with Gasteiger partial charge in [-0.3, -0.25) is 14.9 Å². The number of amides is 3. The van der Waals surface area contributed by atoms with Crippen molar-refractivity contribution >= 4 is 23.6 Å². The Hall–Kier alpha value is -2.37. The molecule has 0 bridgehead atoms. The molecule has 0 saturated carbocycles. The van der Waals surface area contributed by atoms with Gasteiger partial charge in [0.05, 0.1) is 0 Å². The van der Waals surface area contributed by atoms with E-state index in [2.05, 4.69) is 10.6 Å². The Labute approximate surface area is 123 Å². The molecule has 1 rings (SSSR count). The number of carboxylic acids is 1. The molecule has 0 spiro atoms. The third kappa shape index (κ3) is 6.56. The van der Waals surface area contributed by atoms with Crippen LogP contribution in [0, 0.1) is 19.8 Å². The summed E-state index contributed by atoms with van der Waals surface area (Å²) in [5.41, 5.74) is 2.62. The number of rotatable bonds is 5. The zero-order chi connectivity index (χ0) is 16.0. The van der Waals surface area contributed by atoms with Crippen molar-refractivity contribution < 1.29 is 19.5 Å². The maximum absolute atomic E-state index is 11.7. The third-order valence-corrected chi connectivity index (χ3v) is 2.79. The highest BCUT2D eigenvalue weighted by atomic mass is 16.4. The minimum Gasteiger partial charge on any atom is -0.481 e. The van der Waals surface area contributed by atoms with Crippen molar-refractivity contribution in [2.75, 3.05) is 5.32 Å². The van der Waals surface area contributed by atoms with Gasteiger partial charge in [-0.05, 0) is 43.0 Å². The van der Waals surface area contributed by atoms with Gasteiger partial charge in [0, 0.05) is 18.5 Å². The van der Waals surface area contributed by atoms with Crippen LogP contribution in [0.1, 0.15) is 30.9 Å². The topological polar surface area (TPSA) is 95.5 Å². The average molecular weight is 292 g/mol. The summed E-state index contributed by atoms with van der Waals surface area (Å²) in [6.07, 6.45) is -0.112. The summed E-state index contributed by atoms with van der Waals surface area (Å²) >= 11 is 0. The van der Waals surface area contributed by atoms with Gasteiger partial charge in [-0.25, -0.2) is 4.79 Å². The first-order valence-corrected chi connectivity index (χ1v) is 6.67. The van der Waals surface area contributed by atoms with Gasteiger partial charge in [0.15, 0.2) is 0 Å². The van der Waals surface area contributed by atoms with E-state index in [0.717, 1.165) is 11.1 Å². The van der Waals surface area contributed by atoms with E-state index in [0.29, 0.717) is 5.69 Å². The number of hydrogen-bond acceptors (Lipinski definition) is 3. The molecule has 0 aliphatic carbocycles. The number of hydrogen-bond donors (Lipinski definition) is 3. The zero-order valence-electron chi connectivity index (χ0n) is 12.4. The quantitative estimate of drug-likeness (QED) is 0.776. The van der Waals surface area contributed by atoms with Crippen molar-refractivity contribution in [2.24, 2.45) is 5.92 Å². The van der Waals surface area contributed by atoms with E-state index in [1.165, 1.54) is 0 Å². The van der Waals surface area contributed by atoms with Gasteiger partial charge >= 0.3 is 12.0 Å². The first-order chi connectivity index (χ1) is 9.76. The summed E-state index contributed by atoms with van der Waals surface area (Å²) in [6.45, 7) is 5.47. The highest BCUT2D eigenvalue weighted by molar-refractivity contribution is 6.01. The first-order valence-electron chi connectivity index (χ1n) is 6.67. The Morgan fingerprint density at radius 3 is 2.19 bits per heavy atom. The number of urea groups is 1. The van der Waals surface area contributed by atoms with Gasteiger partial charge in [0.2, 0.25) is 5.91 Å². The summed E-state index contributed by atoms with van der Waals surface area (Å²) < 4.78 is 0. The van der Waals surface area contributed by atoms with E-state index in [1.807, 2.05) is 19.9 Å². The summed E-state index contributed by atoms with van der Waals surface area (Å²) in [4.78, 5) is 33.8. The summed E-state index contributed by atoms with van der Waals surface area (Å²) in [7, 11) is 0. The number of carboxylic acid groups (broad SMARTS) is 1. The summed E-state index contributed by atoms with van der Waals surface area (Å²) in [5, 5.41) is 13.4. The molecule has 1 unspecified atom stereocenters. The lowest BCUT2D eigenvalue weighted by Crippen LogP contribution is -2.35. The van der Waals surface area contributed by atoms with Crippen LogP contribution < -0.4 is 10.6 Å². The monoisotopic (exact) mass is 292 g/mol. The van der Waals surface area contributed by atoms with Crippen LogP contribution in [-0.2, 0) is 9.59 Å². The van der Waals surface area contributed by atoms with Crippen molar-refractivity contribution in [2.45, 2.75) is 33.6 Å². The largest absolute Gasteiger partial charge is 0.481 e. The van der Waals surface area contributed by atoms with Gasteiger partial charge in [-0.1, -0.05) is 13.0 Å². The molecule has 0 aromatic heterocycles. The number of aryl methyl sites for hydroxylation is 2. The normalized spacial score (nSPS) is 11.6. The molecule has 6 heteroatoms. The molecule has 114 valence electrons. The second kappa shape index (κ2) is 7.42. The van der Waals surface area contributed by atoms with Gasteiger partial charge in [0.25, 0.3) is 0 Å². The van der Waals surface area contributed by atoms with Crippen LogP contribution in [0.3, 0.4) is 0 Å². The lowest BCUT2D eigenvalue weighted by Gasteiger charge is -2.10. The minimum absolute atomic E-state index is 0.00738. The number of benzene rings is 1. The molecule has 1 aromatic rings. The second-order valence-electron chi connectivity index (χ2n) is 5.29. The molecule has 0 radical (unpaired) electrons. The fraction of sp³-hybridized carbons (Fsp3) is 0.400. The summed E-state index contributed by atoms with van der Waals surface area (Å²) in [5.74, 6) is -1.78. The average Bonchev–Trinajstić information content (AvgIpc) is 2.24. The molecule has 0 aliphatic heterocycles. The van der Waals surface area contributed by atoms with Crippen LogP contribution in [-0.4, -0.2) is 23.0 Å². The van der Waals surface area contributed by atoms with Crippen LogP contribution >= 0.6 is 0 Å².